The van der Waals surface area contributed by atoms with E-state index in [0.29, 0.717) is 11.8 Å². The third kappa shape index (κ3) is 2.15. The van der Waals surface area contributed by atoms with Crippen molar-refractivity contribution in [2.75, 3.05) is 6.61 Å². The molecule has 0 aliphatic heterocycles. The van der Waals surface area contributed by atoms with Gasteiger partial charge in [0.2, 0.25) is 5.75 Å². The molecule has 0 saturated carbocycles. The molecule has 0 spiro atoms. The van der Waals surface area contributed by atoms with Crippen LogP contribution in [-0.2, 0) is 0 Å². The van der Waals surface area contributed by atoms with Crippen LogP contribution in [0.3, 0.4) is 0 Å². The molecular formula is C13H12O5. The Hall–Kier alpha value is -2.43. The summed E-state index contributed by atoms with van der Waals surface area (Å²) in [6, 6.07) is 4.09. The zero-order valence-corrected chi connectivity index (χ0v) is 9.55. The first kappa shape index (κ1) is 12.0. The molecule has 0 bridgehead atoms. The molecular weight excluding hydrogens is 236 g/mol. The van der Waals surface area contributed by atoms with Gasteiger partial charge in [-0.05, 0) is 18.6 Å². The highest BCUT2D eigenvalue weighted by Gasteiger charge is 2.15. The molecule has 0 aliphatic rings. The Morgan fingerprint density at radius 3 is 2.89 bits per heavy atom. The van der Waals surface area contributed by atoms with Gasteiger partial charge in [-0.2, -0.15) is 0 Å². The molecule has 0 radical (unpaired) electrons. The van der Waals surface area contributed by atoms with Gasteiger partial charge in [-0.3, -0.25) is 0 Å². The number of aromatic hydroxyl groups is 2. The number of phenols is 1. The largest absolute Gasteiger partial charge is 0.508 e. The lowest BCUT2D eigenvalue weighted by Gasteiger charge is -2.07. The van der Waals surface area contributed by atoms with Gasteiger partial charge in [0.25, 0.3) is 0 Å². The molecule has 18 heavy (non-hydrogen) atoms. The molecule has 1 aromatic carbocycles. The van der Waals surface area contributed by atoms with Crippen LogP contribution in [0.5, 0.6) is 17.2 Å². The van der Waals surface area contributed by atoms with Crippen LogP contribution in [0.4, 0.5) is 0 Å². The molecule has 2 aromatic rings. The molecule has 94 valence electrons. The van der Waals surface area contributed by atoms with Gasteiger partial charge in [-0.25, -0.2) is 4.79 Å². The van der Waals surface area contributed by atoms with Crippen LogP contribution in [0.15, 0.2) is 40.1 Å². The molecule has 2 rings (SSSR count). The predicted molar refractivity (Wildman–Crippen MR) is 66.1 cm³/mol. The second-order valence-corrected chi connectivity index (χ2v) is 3.67. The first-order valence-corrected chi connectivity index (χ1v) is 5.36. The van der Waals surface area contributed by atoms with Gasteiger partial charge in [-0.15, -0.1) is 6.58 Å². The normalized spacial score (nSPS) is 10.4. The van der Waals surface area contributed by atoms with Crippen molar-refractivity contribution in [1.29, 1.82) is 0 Å². The Morgan fingerprint density at radius 2 is 2.17 bits per heavy atom. The van der Waals surface area contributed by atoms with Crippen LogP contribution in [0.25, 0.3) is 11.0 Å². The quantitative estimate of drug-likeness (QED) is 0.492. The van der Waals surface area contributed by atoms with E-state index in [1.165, 1.54) is 18.2 Å². The minimum absolute atomic E-state index is 0.0506. The first-order chi connectivity index (χ1) is 8.63. The second-order valence-electron chi connectivity index (χ2n) is 3.67. The number of benzene rings is 1. The average molecular weight is 248 g/mol. The SMILES string of the molecule is C=CCCOc1c(O)c2ccc(O)cc2oc1=O. The molecule has 5 heteroatoms. The zero-order chi connectivity index (χ0) is 13.1. The third-order valence-corrected chi connectivity index (χ3v) is 2.39. The molecule has 0 fully saturated rings. The van der Waals surface area contributed by atoms with Crippen molar-refractivity contribution < 1.29 is 19.4 Å². The number of rotatable bonds is 4. The van der Waals surface area contributed by atoms with Crippen molar-refractivity contribution in [1.82, 2.24) is 0 Å². The van der Waals surface area contributed by atoms with E-state index < -0.39 is 5.63 Å². The molecule has 0 saturated heterocycles. The number of fused-ring (bicyclic) bond motifs is 1. The summed E-state index contributed by atoms with van der Waals surface area (Å²) in [6.45, 7) is 3.75. The molecule has 2 N–H and O–H groups in total. The van der Waals surface area contributed by atoms with Gasteiger partial charge >= 0.3 is 5.63 Å². The van der Waals surface area contributed by atoms with Crippen LogP contribution in [-0.4, -0.2) is 16.8 Å². The lowest BCUT2D eigenvalue weighted by molar-refractivity contribution is 0.290. The maximum atomic E-state index is 11.6. The maximum Gasteiger partial charge on any atom is 0.383 e. The predicted octanol–water partition coefficient (Wildman–Crippen LogP) is 2.16. The van der Waals surface area contributed by atoms with E-state index in [0.717, 1.165) is 0 Å². The van der Waals surface area contributed by atoms with Crippen LogP contribution < -0.4 is 10.4 Å². The van der Waals surface area contributed by atoms with E-state index in [9.17, 15) is 15.0 Å². The maximum absolute atomic E-state index is 11.6. The average Bonchev–Trinajstić information content (AvgIpc) is 2.33. The molecule has 1 aromatic heterocycles. The second kappa shape index (κ2) is 4.83. The Kier molecular flexibility index (Phi) is 3.23. The van der Waals surface area contributed by atoms with Gasteiger partial charge in [0.15, 0.2) is 5.75 Å². The van der Waals surface area contributed by atoms with Crippen LogP contribution >= 0.6 is 0 Å². The van der Waals surface area contributed by atoms with Crippen molar-refractivity contribution in [3.8, 4) is 17.2 Å². The van der Waals surface area contributed by atoms with Crippen molar-refractivity contribution >= 4 is 11.0 Å². The fourth-order valence-electron chi connectivity index (χ4n) is 1.53. The van der Waals surface area contributed by atoms with E-state index in [1.54, 1.807) is 6.08 Å². The monoisotopic (exact) mass is 248 g/mol. The summed E-state index contributed by atoms with van der Waals surface area (Å²) in [4.78, 5) is 11.6. The highest BCUT2D eigenvalue weighted by molar-refractivity contribution is 5.86. The van der Waals surface area contributed by atoms with Crippen molar-refractivity contribution in [2.24, 2.45) is 0 Å². The molecule has 0 atom stereocenters. The number of ether oxygens (including phenoxy) is 1. The van der Waals surface area contributed by atoms with Crippen molar-refractivity contribution in [2.45, 2.75) is 6.42 Å². The molecule has 1 heterocycles. The number of hydrogen-bond donors (Lipinski definition) is 2. The molecule has 0 aliphatic carbocycles. The Morgan fingerprint density at radius 1 is 1.39 bits per heavy atom. The summed E-state index contributed by atoms with van der Waals surface area (Å²) >= 11 is 0. The van der Waals surface area contributed by atoms with Crippen molar-refractivity contribution in [3.05, 3.63) is 41.3 Å². The van der Waals surface area contributed by atoms with Crippen molar-refractivity contribution in [3.63, 3.8) is 0 Å². The third-order valence-electron chi connectivity index (χ3n) is 2.39. The van der Waals surface area contributed by atoms with E-state index in [4.69, 9.17) is 9.15 Å². The number of hydrogen-bond acceptors (Lipinski definition) is 5. The van der Waals surface area contributed by atoms with Gasteiger partial charge in [-0.1, -0.05) is 6.08 Å². The summed E-state index contributed by atoms with van der Waals surface area (Å²) in [5.41, 5.74) is -0.678. The molecule has 0 unspecified atom stereocenters. The minimum atomic E-state index is -0.783. The van der Waals surface area contributed by atoms with E-state index in [1.807, 2.05) is 0 Å². The first-order valence-electron chi connectivity index (χ1n) is 5.36. The topological polar surface area (TPSA) is 79.9 Å². The molecule has 5 nitrogen and oxygen atoms in total. The summed E-state index contributed by atoms with van der Waals surface area (Å²) in [7, 11) is 0. The fourth-order valence-corrected chi connectivity index (χ4v) is 1.53. The lowest BCUT2D eigenvalue weighted by Crippen LogP contribution is -2.08. The Labute approximate surface area is 103 Å². The van der Waals surface area contributed by atoms with E-state index in [-0.39, 0.29) is 29.4 Å². The Bertz CT molecular complexity index is 642. The summed E-state index contributed by atoms with van der Waals surface area (Å²) in [6.07, 6.45) is 2.18. The minimum Gasteiger partial charge on any atom is -0.508 e. The van der Waals surface area contributed by atoms with Crippen LogP contribution in [0.2, 0.25) is 0 Å². The van der Waals surface area contributed by atoms with Gasteiger partial charge in [0.05, 0.1) is 12.0 Å². The van der Waals surface area contributed by atoms with E-state index >= 15 is 0 Å². The fraction of sp³-hybridized carbons (Fsp3) is 0.154. The van der Waals surface area contributed by atoms with Crippen LogP contribution in [0, 0.1) is 0 Å². The highest BCUT2D eigenvalue weighted by atomic mass is 16.5. The number of phenolic OH excluding ortho intramolecular Hbond substituents is 1. The van der Waals surface area contributed by atoms with Gasteiger partial charge in [0.1, 0.15) is 11.3 Å². The standard InChI is InChI=1S/C13H12O5/c1-2-3-6-17-12-11(15)9-5-4-8(14)7-10(9)18-13(12)16/h2,4-5,7,14-15H,1,3,6H2. The Balaban J connectivity index is 2.51. The highest BCUT2D eigenvalue weighted by Crippen LogP contribution is 2.32. The zero-order valence-electron chi connectivity index (χ0n) is 9.55. The summed E-state index contributed by atoms with van der Waals surface area (Å²) < 4.78 is 10.1. The molecule has 0 amide bonds. The van der Waals surface area contributed by atoms with E-state index in [2.05, 4.69) is 6.58 Å². The smallest absolute Gasteiger partial charge is 0.383 e. The summed E-state index contributed by atoms with van der Waals surface area (Å²) in [5, 5.41) is 19.5. The lowest BCUT2D eigenvalue weighted by atomic mass is 10.2. The summed E-state index contributed by atoms with van der Waals surface area (Å²) in [5.74, 6) is -0.564. The van der Waals surface area contributed by atoms with Crippen LogP contribution in [0.1, 0.15) is 6.42 Å². The van der Waals surface area contributed by atoms with Gasteiger partial charge < -0.3 is 19.4 Å². The van der Waals surface area contributed by atoms with Gasteiger partial charge in [0, 0.05) is 6.07 Å².